The van der Waals surface area contributed by atoms with E-state index in [1.54, 1.807) is 18.5 Å². The van der Waals surface area contributed by atoms with Crippen LogP contribution < -0.4 is 0 Å². The maximum Gasteiger partial charge on any atom is 0.170 e. The summed E-state index contributed by atoms with van der Waals surface area (Å²) in [6, 6.07) is 1.90. The molecule has 0 aliphatic carbocycles. The highest BCUT2D eigenvalue weighted by Crippen LogP contribution is 2.18. The molecule has 0 saturated heterocycles. The van der Waals surface area contributed by atoms with Crippen LogP contribution in [0.3, 0.4) is 0 Å². The summed E-state index contributed by atoms with van der Waals surface area (Å²) >= 11 is 0. The van der Waals surface area contributed by atoms with E-state index in [1.807, 2.05) is 6.07 Å². The lowest BCUT2D eigenvalue weighted by Crippen LogP contribution is -1.98. The Morgan fingerprint density at radius 2 is 2.30 bits per heavy atom. The number of rotatable bonds is 4. The number of carbonyl (C=O) groups is 1. The third kappa shape index (κ3) is 2.91. The number of nitriles is 1. The fraction of sp³-hybridized carbons (Fsp3) is 0.333. The van der Waals surface area contributed by atoms with E-state index in [0.717, 1.165) is 12.1 Å². The van der Waals surface area contributed by atoms with Gasteiger partial charge in [0.1, 0.15) is 11.6 Å². The molecule has 0 atom stereocenters. The Labute approximate surface area is 117 Å². The van der Waals surface area contributed by atoms with Crippen molar-refractivity contribution < 1.29 is 4.79 Å². The first kappa shape index (κ1) is 13.9. The van der Waals surface area contributed by atoms with Crippen molar-refractivity contribution in [2.24, 2.45) is 5.92 Å². The minimum absolute atomic E-state index is 0.113. The summed E-state index contributed by atoms with van der Waals surface area (Å²) in [4.78, 5) is 23.2. The molecule has 2 aromatic heterocycles. The Morgan fingerprint density at radius 3 is 2.90 bits per heavy atom. The largest absolute Gasteiger partial charge is 0.344 e. The maximum atomic E-state index is 11.3. The molecule has 0 amide bonds. The van der Waals surface area contributed by atoms with Gasteiger partial charge in [0, 0.05) is 11.8 Å². The normalized spacial score (nSPS) is 11.8. The molecule has 0 aromatic carbocycles. The van der Waals surface area contributed by atoms with Crippen molar-refractivity contribution in [1.29, 1.82) is 5.26 Å². The summed E-state index contributed by atoms with van der Waals surface area (Å²) in [5.41, 5.74) is 3.08. The first-order chi connectivity index (χ1) is 9.51. The van der Waals surface area contributed by atoms with Gasteiger partial charge in [0.25, 0.3) is 0 Å². The average Bonchev–Trinajstić information content (AvgIpc) is 2.77. The summed E-state index contributed by atoms with van der Waals surface area (Å²) in [5.74, 6) is 0.236. The molecule has 0 saturated carbocycles. The predicted octanol–water partition coefficient (Wildman–Crippen LogP) is 2.65. The standard InChI is InChI=1S/C15H16N4O/c1-9(2)4-13-8-18-15-14(19-13)12(7-17-15)5-11(6-16)10(3)20/h5,7-9H,4H2,1-3H3,(H,17,18)/b11-5+. The van der Waals surface area contributed by atoms with Crippen LogP contribution in [0.4, 0.5) is 0 Å². The van der Waals surface area contributed by atoms with Crippen LogP contribution in [0.2, 0.25) is 0 Å². The van der Waals surface area contributed by atoms with E-state index in [9.17, 15) is 4.79 Å². The molecule has 5 nitrogen and oxygen atoms in total. The number of Topliss-reactive ketones (excluding diaryl/α,β-unsaturated/α-hetero) is 1. The van der Waals surface area contributed by atoms with Crippen molar-refractivity contribution in [3.05, 3.63) is 29.2 Å². The third-order valence-electron chi connectivity index (χ3n) is 2.88. The van der Waals surface area contributed by atoms with E-state index in [-0.39, 0.29) is 11.4 Å². The zero-order chi connectivity index (χ0) is 14.7. The van der Waals surface area contributed by atoms with Gasteiger partial charge in [0.2, 0.25) is 0 Å². The minimum Gasteiger partial charge on any atom is -0.344 e. The highest BCUT2D eigenvalue weighted by Gasteiger charge is 2.10. The molecule has 0 spiro atoms. The number of nitrogens with zero attached hydrogens (tertiary/aromatic N) is 3. The lowest BCUT2D eigenvalue weighted by molar-refractivity contribution is -0.113. The van der Waals surface area contributed by atoms with Crippen molar-refractivity contribution in [2.45, 2.75) is 27.2 Å². The summed E-state index contributed by atoms with van der Waals surface area (Å²) in [7, 11) is 0. The number of H-pyrrole nitrogens is 1. The number of hydrogen-bond donors (Lipinski definition) is 1. The summed E-state index contributed by atoms with van der Waals surface area (Å²) in [6.07, 6.45) is 5.86. The van der Waals surface area contributed by atoms with E-state index in [1.165, 1.54) is 6.92 Å². The highest BCUT2D eigenvalue weighted by molar-refractivity contribution is 6.03. The van der Waals surface area contributed by atoms with E-state index in [4.69, 9.17) is 5.26 Å². The Kier molecular flexibility index (Phi) is 3.94. The van der Waals surface area contributed by atoms with E-state index in [2.05, 4.69) is 28.8 Å². The molecule has 2 heterocycles. The summed E-state index contributed by atoms with van der Waals surface area (Å²) < 4.78 is 0. The second-order valence-electron chi connectivity index (χ2n) is 5.13. The number of aromatic nitrogens is 3. The molecule has 0 unspecified atom stereocenters. The second kappa shape index (κ2) is 5.66. The zero-order valence-corrected chi connectivity index (χ0v) is 11.8. The molecule has 5 heteroatoms. The van der Waals surface area contributed by atoms with Gasteiger partial charge in [-0.15, -0.1) is 0 Å². The first-order valence-electron chi connectivity index (χ1n) is 6.47. The average molecular weight is 268 g/mol. The number of allylic oxidation sites excluding steroid dienone is 1. The molecule has 2 aromatic rings. The van der Waals surface area contributed by atoms with Crippen molar-refractivity contribution in [1.82, 2.24) is 15.0 Å². The number of hydrogen-bond acceptors (Lipinski definition) is 4. The van der Waals surface area contributed by atoms with Crippen LogP contribution in [0, 0.1) is 17.2 Å². The van der Waals surface area contributed by atoms with Gasteiger partial charge in [0.15, 0.2) is 11.4 Å². The van der Waals surface area contributed by atoms with Gasteiger partial charge in [0.05, 0.1) is 17.5 Å². The number of aromatic amines is 1. The lowest BCUT2D eigenvalue weighted by Gasteiger charge is -2.03. The summed E-state index contributed by atoms with van der Waals surface area (Å²) in [6.45, 7) is 5.61. The number of carbonyl (C=O) groups excluding carboxylic acids is 1. The van der Waals surface area contributed by atoms with E-state index >= 15 is 0 Å². The van der Waals surface area contributed by atoms with Gasteiger partial charge >= 0.3 is 0 Å². The smallest absolute Gasteiger partial charge is 0.170 e. The predicted molar refractivity (Wildman–Crippen MR) is 76.7 cm³/mol. The van der Waals surface area contributed by atoms with E-state index in [0.29, 0.717) is 22.6 Å². The first-order valence-corrected chi connectivity index (χ1v) is 6.47. The van der Waals surface area contributed by atoms with Crippen LogP contribution in [-0.4, -0.2) is 20.7 Å². The molecular weight excluding hydrogens is 252 g/mol. The molecule has 20 heavy (non-hydrogen) atoms. The second-order valence-corrected chi connectivity index (χ2v) is 5.13. The van der Waals surface area contributed by atoms with Gasteiger partial charge in [-0.25, -0.2) is 9.97 Å². The van der Waals surface area contributed by atoms with Gasteiger partial charge < -0.3 is 4.98 Å². The SMILES string of the molecule is CC(=O)/C(C#N)=C/c1c[nH]c2ncc(CC(C)C)nc12. The van der Waals surface area contributed by atoms with Crippen LogP contribution >= 0.6 is 0 Å². The fourth-order valence-electron chi connectivity index (χ4n) is 1.94. The molecule has 2 rings (SSSR count). The maximum absolute atomic E-state index is 11.3. The zero-order valence-electron chi connectivity index (χ0n) is 11.8. The van der Waals surface area contributed by atoms with Gasteiger partial charge in [-0.3, -0.25) is 4.79 Å². The number of nitrogens with one attached hydrogen (secondary N) is 1. The third-order valence-corrected chi connectivity index (χ3v) is 2.88. The van der Waals surface area contributed by atoms with E-state index < -0.39 is 0 Å². The molecule has 0 radical (unpaired) electrons. The molecule has 1 N–H and O–H groups in total. The van der Waals surface area contributed by atoms with Gasteiger partial charge in [-0.05, 0) is 25.3 Å². The Morgan fingerprint density at radius 1 is 1.55 bits per heavy atom. The molecule has 0 fully saturated rings. The number of fused-ring (bicyclic) bond motifs is 1. The van der Waals surface area contributed by atoms with Crippen LogP contribution in [-0.2, 0) is 11.2 Å². The Balaban J connectivity index is 2.50. The molecular formula is C15H16N4O. The fourth-order valence-corrected chi connectivity index (χ4v) is 1.94. The molecule has 0 aliphatic heterocycles. The Hall–Kier alpha value is -2.48. The Bertz CT molecular complexity index is 719. The topological polar surface area (TPSA) is 82.4 Å². The van der Waals surface area contributed by atoms with Gasteiger partial charge in [-0.2, -0.15) is 5.26 Å². The molecule has 0 bridgehead atoms. The van der Waals surface area contributed by atoms with Crippen LogP contribution in [0.25, 0.3) is 17.2 Å². The van der Waals surface area contributed by atoms with Crippen molar-refractivity contribution in [3.63, 3.8) is 0 Å². The lowest BCUT2D eigenvalue weighted by atomic mass is 10.1. The minimum atomic E-state index is -0.256. The van der Waals surface area contributed by atoms with Crippen molar-refractivity contribution in [3.8, 4) is 6.07 Å². The summed E-state index contributed by atoms with van der Waals surface area (Å²) in [5, 5.41) is 8.96. The van der Waals surface area contributed by atoms with Crippen LogP contribution in [0.5, 0.6) is 0 Å². The van der Waals surface area contributed by atoms with Crippen molar-refractivity contribution >= 4 is 23.0 Å². The quantitative estimate of drug-likeness (QED) is 0.682. The van der Waals surface area contributed by atoms with Crippen LogP contribution in [0.1, 0.15) is 32.0 Å². The highest BCUT2D eigenvalue weighted by atomic mass is 16.1. The van der Waals surface area contributed by atoms with Gasteiger partial charge in [-0.1, -0.05) is 13.8 Å². The number of ketones is 1. The van der Waals surface area contributed by atoms with Crippen molar-refractivity contribution in [2.75, 3.05) is 0 Å². The van der Waals surface area contributed by atoms with Crippen LogP contribution in [0.15, 0.2) is 18.0 Å². The molecule has 0 aliphatic rings. The monoisotopic (exact) mass is 268 g/mol. The molecule has 102 valence electrons.